The van der Waals surface area contributed by atoms with Gasteiger partial charge < -0.3 is 17.7 Å². The summed E-state index contributed by atoms with van der Waals surface area (Å²) in [6, 6.07) is 16.7. The second-order valence-electron chi connectivity index (χ2n) is 17.0. The lowest BCUT2D eigenvalue weighted by Gasteiger charge is -2.38. The molecule has 8 heteroatoms. The number of unbranched alkanes of at least 4 members (excludes halogenated alkanes) is 10. The summed E-state index contributed by atoms with van der Waals surface area (Å²) < 4.78 is 24.9. The van der Waals surface area contributed by atoms with E-state index in [0.29, 0.717) is 23.8 Å². The van der Waals surface area contributed by atoms with Crippen LogP contribution in [0.2, 0.25) is 51.9 Å². The first kappa shape index (κ1) is 42.7. The van der Waals surface area contributed by atoms with Gasteiger partial charge in [-0.1, -0.05) is 96.1 Å². The predicted molar refractivity (Wildman–Crippen MR) is 219 cm³/mol. The van der Waals surface area contributed by atoms with Crippen LogP contribution in [0.25, 0.3) is 0 Å². The molecule has 5 nitrogen and oxygen atoms in total. The van der Waals surface area contributed by atoms with Crippen molar-refractivity contribution >= 4 is 31.2 Å². The van der Waals surface area contributed by atoms with Crippen LogP contribution in [-0.4, -0.2) is 37.8 Å². The van der Waals surface area contributed by atoms with Crippen LogP contribution in [0, 0.1) is 5.92 Å². The number of carbonyl (C=O) groups excluding carboxylic acids is 1. The van der Waals surface area contributed by atoms with Gasteiger partial charge in [-0.3, -0.25) is 0 Å². The van der Waals surface area contributed by atoms with Crippen molar-refractivity contribution in [2.24, 2.45) is 5.92 Å². The lowest BCUT2D eigenvalue weighted by Crippen LogP contribution is -2.52. The summed E-state index contributed by atoms with van der Waals surface area (Å²) in [5.74, 6) is 2.62. The van der Waals surface area contributed by atoms with E-state index in [1.807, 2.05) is 24.3 Å². The van der Waals surface area contributed by atoms with Crippen molar-refractivity contribution in [2.75, 3.05) is 6.61 Å². The Kier molecular flexibility index (Phi) is 18.5. The van der Waals surface area contributed by atoms with Gasteiger partial charge in [0.1, 0.15) is 11.5 Å². The molecule has 1 aliphatic rings. The topological polar surface area (TPSA) is 54.0 Å². The maximum absolute atomic E-state index is 12.8. The maximum atomic E-state index is 12.8. The first-order valence-corrected chi connectivity index (χ1v) is 29.5. The Morgan fingerprint density at radius 3 is 1.68 bits per heavy atom. The van der Waals surface area contributed by atoms with Gasteiger partial charge in [0.2, 0.25) is 0 Å². The monoisotopic (exact) mass is 740 g/mol. The highest BCUT2D eigenvalue weighted by Gasteiger charge is 2.39. The molecular weight excluding hydrogens is 669 g/mol. The van der Waals surface area contributed by atoms with Crippen LogP contribution in [0.5, 0.6) is 11.5 Å². The van der Waals surface area contributed by atoms with Gasteiger partial charge in [0.05, 0.1) is 12.2 Å². The standard InChI is InChI=1S/C42H72O5Si3/c1-9-10-18-21-36-22-24-37(25-23-36)38-26-32-41(33-27-38)45-42(43)39-28-30-40(31-29-39)44-34-19-16-14-12-11-13-15-17-20-35-50(8,46-48(2,3)4)47-49(5,6)7/h26-33,36-37H,9-25,34-35H2,1-8H3. The van der Waals surface area contributed by atoms with Crippen molar-refractivity contribution in [2.45, 2.75) is 174 Å². The third-order valence-corrected chi connectivity index (χ3v) is 19.4. The molecule has 0 unspecified atom stereocenters. The van der Waals surface area contributed by atoms with E-state index in [1.54, 1.807) is 12.1 Å². The number of carbonyl (C=O) groups is 1. The Hall–Kier alpha value is -1.72. The van der Waals surface area contributed by atoms with E-state index < -0.39 is 25.2 Å². The molecular formula is C42H72O5Si3. The largest absolute Gasteiger partial charge is 0.494 e. The zero-order valence-corrected chi connectivity index (χ0v) is 36.2. The molecule has 1 aliphatic carbocycles. The Morgan fingerprint density at radius 2 is 1.14 bits per heavy atom. The van der Waals surface area contributed by atoms with Gasteiger partial charge in [0, 0.05) is 0 Å². The average Bonchev–Trinajstić information content (AvgIpc) is 3.04. The molecule has 2 aromatic rings. The molecule has 0 aliphatic heterocycles. The lowest BCUT2D eigenvalue weighted by atomic mass is 9.77. The molecule has 0 N–H and O–H groups in total. The predicted octanol–water partition coefficient (Wildman–Crippen LogP) is 13.4. The molecule has 282 valence electrons. The molecule has 0 bridgehead atoms. The molecule has 2 aromatic carbocycles. The smallest absolute Gasteiger partial charge is 0.343 e. The summed E-state index contributed by atoms with van der Waals surface area (Å²) >= 11 is 0. The summed E-state index contributed by atoms with van der Waals surface area (Å²) in [6.07, 6.45) is 21.9. The fraction of sp³-hybridized carbons (Fsp3) is 0.690. The van der Waals surface area contributed by atoms with E-state index in [1.165, 1.54) is 108 Å². The fourth-order valence-corrected chi connectivity index (χ4v) is 20.1. The second kappa shape index (κ2) is 21.7. The van der Waals surface area contributed by atoms with Crippen LogP contribution >= 0.6 is 0 Å². The van der Waals surface area contributed by atoms with E-state index in [0.717, 1.165) is 24.1 Å². The number of esters is 1. The first-order chi connectivity index (χ1) is 23.8. The first-order valence-electron chi connectivity index (χ1n) is 20.2. The van der Waals surface area contributed by atoms with E-state index in [-0.39, 0.29) is 5.97 Å². The summed E-state index contributed by atoms with van der Waals surface area (Å²) in [5, 5.41) is 0. The Morgan fingerprint density at radius 1 is 0.620 bits per heavy atom. The van der Waals surface area contributed by atoms with Crippen molar-refractivity contribution in [3.63, 3.8) is 0 Å². The van der Waals surface area contributed by atoms with E-state index in [4.69, 9.17) is 17.7 Å². The summed E-state index contributed by atoms with van der Waals surface area (Å²) in [4.78, 5) is 12.8. The molecule has 0 saturated heterocycles. The van der Waals surface area contributed by atoms with Gasteiger partial charge in [-0.05, 0) is 138 Å². The number of hydrogen-bond acceptors (Lipinski definition) is 5. The number of ether oxygens (including phenoxy) is 2. The van der Waals surface area contributed by atoms with E-state index in [9.17, 15) is 4.79 Å². The molecule has 0 spiro atoms. The zero-order valence-electron chi connectivity index (χ0n) is 33.2. The fourth-order valence-electron chi connectivity index (χ4n) is 7.52. The van der Waals surface area contributed by atoms with Gasteiger partial charge in [0.15, 0.2) is 16.6 Å². The zero-order chi connectivity index (χ0) is 36.5. The molecule has 0 radical (unpaired) electrons. The minimum Gasteiger partial charge on any atom is -0.494 e. The highest BCUT2D eigenvalue weighted by atomic mass is 28.5. The van der Waals surface area contributed by atoms with E-state index >= 15 is 0 Å². The van der Waals surface area contributed by atoms with Gasteiger partial charge in [-0.2, -0.15) is 0 Å². The summed E-state index contributed by atoms with van der Waals surface area (Å²) in [5.41, 5.74) is 1.92. The lowest BCUT2D eigenvalue weighted by molar-refractivity contribution is 0.0734. The van der Waals surface area contributed by atoms with Crippen molar-refractivity contribution in [1.29, 1.82) is 0 Å². The van der Waals surface area contributed by atoms with Crippen molar-refractivity contribution in [3.8, 4) is 11.5 Å². The van der Waals surface area contributed by atoms with Gasteiger partial charge in [-0.25, -0.2) is 4.79 Å². The van der Waals surface area contributed by atoms with Crippen LogP contribution in [0.3, 0.4) is 0 Å². The minimum atomic E-state index is -2.08. The maximum Gasteiger partial charge on any atom is 0.343 e. The van der Waals surface area contributed by atoms with Crippen LogP contribution in [0.1, 0.15) is 138 Å². The van der Waals surface area contributed by atoms with E-state index in [2.05, 4.69) is 64.9 Å². The molecule has 1 saturated carbocycles. The highest BCUT2D eigenvalue weighted by molar-refractivity contribution is 6.87. The molecule has 0 aromatic heterocycles. The Bertz CT molecular complexity index is 1200. The molecule has 0 heterocycles. The number of benzene rings is 2. The molecule has 0 atom stereocenters. The number of rotatable bonds is 24. The second-order valence-corrected chi connectivity index (χ2v) is 29.9. The van der Waals surface area contributed by atoms with Gasteiger partial charge in [-0.15, -0.1) is 0 Å². The molecule has 0 amide bonds. The SMILES string of the molecule is CCCCCC1CCC(c2ccc(OC(=O)c3ccc(OCCCCCCCCCCC[Si](C)(O[Si](C)(C)C)O[Si](C)(C)C)cc3)cc2)CC1. The Balaban J connectivity index is 1.23. The average molecular weight is 741 g/mol. The Labute approximate surface area is 310 Å². The van der Waals surface area contributed by atoms with Crippen molar-refractivity contribution in [3.05, 3.63) is 59.7 Å². The number of hydrogen-bond donors (Lipinski definition) is 0. The third kappa shape index (κ3) is 17.7. The molecule has 3 rings (SSSR count). The normalized spacial score (nSPS) is 17.1. The summed E-state index contributed by atoms with van der Waals surface area (Å²) in [7, 11) is -5.30. The quantitative estimate of drug-likeness (QED) is 0.0464. The summed E-state index contributed by atoms with van der Waals surface area (Å²) in [6.45, 7) is 19.0. The molecule has 1 fully saturated rings. The minimum absolute atomic E-state index is 0.329. The molecule has 50 heavy (non-hydrogen) atoms. The van der Waals surface area contributed by atoms with Gasteiger partial charge >= 0.3 is 14.5 Å². The van der Waals surface area contributed by atoms with Crippen LogP contribution in [-0.2, 0) is 8.23 Å². The van der Waals surface area contributed by atoms with Crippen LogP contribution in [0.15, 0.2) is 48.5 Å². The highest BCUT2D eigenvalue weighted by Crippen LogP contribution is 2.38. The van der Waals surface area contributed by atoms with Crippen molar-refractivity contribution in [1.82, 2.24) is 0 Å². The third-order valence-electron chi connectivity index (χ3n) is 9.80. The van der Waals surface area contributed by atoms with Crippen LogP contribution < -0.4 is 9.47 Å². The van der Waals surface area contributed by atoms with Crippen LogP contribution in [0.4, 0.5) is 0 Å². The van der Waals surface area contributed by atoms with Crippen molar-refractivity contribution < 1.29 is 22.5 Å². The van der Waals surface area contributed by atoms with Gasteiger partial charge in [0.25, 0.3) is 0 Å².